The molecule has 7 nitrogen and oxygen atoms in total. The first-order chi connectivity index (χ1) is 37.7. The van der Waals surface area contributed by atoms with Crippen molar-refractivity contribution in [2.45, 2.75) is 0 Å². The summed E-state index contributed by atoms with van der Waals surface area (Å²) in [6.45, 7) is 0. The molecule has 0 radical (unpaired) electrons. The molecule has 0 bridgehead atoms. The molecule has 0 aliphatic rings. The predicted octanol–water partition coefficient (Wildman–Crippen LogP) is 18.7. The number of nitrogens with zero attached hydrogens (tertiary/aromatic N) is 4. The SMILES string of the molecule is c1ccc(-c2nc(-c3ccc4c(c3)oc3cccc(-c5ccccc5)c34)nc(-c3cccc4oc5ccc(-c6ccc(-c7cccc8c9ccccc9n(-c9ccccc9)c78)c7oc8ccccc8c67)cc5c34)n2)cc1. The second-order valence-electron chi connectivity index (χ2n) is 19.4. The lowest BCUT2D eigenvalue weighted by molar-refractivity contribution is 0.668. The van der Waals surface area contributed by atoms with Gasteiger partial charge in [0, 0.05) is 76.6 Å². The summed E-state index contributed by atoms with van der Waals surface area (Å²) in [5, 5.41) is 8.46. The molecule has 76 heavy (non-hydrogen) atoms. The lowest BCUT2D eigenvalue weighted by Crippen LogP contribution is -2.00. The van der Waals surface area contributed by atoms with Gasteiger partial charge in [-0.15, -0.1) is 0 Å². The van der Waals surface area contributed by atoms with Gasteiger partial charge in [-0.2, -0.15) is 0 Å². The maximum Gasteiger partial charge on any atom is 0.164 e. The van der Waals surface area contributed by atoms with Crippen LogP contribution in [0.5, 0.6) is 0 Å². The van der Waals surface area contributed by atoms with E-state index in [2.05, 4.69) is 174 Å². The smallest absolute Gasteiger partial charge is 0.164 e. The number of fused-ring (bicyclic) bond motifs is 12. The zero-order valence-corrected chi connectivity index (χ0v) is 40.6. The Balaban J connectivity index is 0.876. The molecule has 0 unspecified atom stereocenters. The van der Waals surface area contributed by atoms with Crippen LogP contribution in [0.15, 0.2) is 256 Å². The first-order valence-corrected chi connectivity index (χ1v) is 25.5. The molecule has 5 heterocycles. The molecule has 0 spiro atoms. The van der Waals surface area contributed by atoms with Gasteiger partial charge < -0.3 is 17.8 Å². The molecule has 0 atom stereocenters. The van der Waals surface area contributed by atoms with Crippen LogP contribution < -0.4 is 0 Å². The van der Waals surface area contributed by atoms with Crippen LogP contribution in [0.4, 0.5) is 0 Å². The highest BCUT2D eigenvalue weighted by Crippen LogP contribution is 2.47. The molecule has 354 valence electrons. The van der Waals surface area contributed by atoms with E-state index in [-0.39, 0.29) is 0 Å². The van der Waals surface area contributed by atoms with Gasteiger partial charge in [0.15, 0.2) is 17.5 Å². The number of hydrogen-bond donors (Lipinski definition) is 0. The minimum atomic E-state index is 0.535. The van der Waals surface area contributed by atoms with E-state index in [9.17, 15) is 0 Å². The first kappa shape index (κ1) is 42.2. The van der Waals surface area contributed by atoms with Crippen LogP contribution in [0.3, 0.4) is 0 Å². The lowest BCUT2D eigenvalue weighted by Gasteiger charge is -2.13. The van der Waals surface area contributed by atoms with Gasteiger partial charge in [-0.25, -0.2) is 15.0 Å². The number of furan rings is 3. The van der Waals surface area contributed by atoms with Crippen molar-refractivity contribution >= 4 is 87.6 Å². The highest BCUT2D eigenvalue weighted by molar-refractivity contribution is 6.21. The molecular formula is C69H40N4O3. The summed E-state index contributed by atoms with van der Waals surface area (Å²) in [5.74, 6) is 1.64. The Morgan fingerprint density at radius 3 is 1.64 bits per heavy atom. The summed E-state index contributed by atoms with van der Waals surface area (Å²) in [7, 11) is 0. The summed E-state index contributed by atoms with van der Waals surface area (Å²) < 4.78 is 22.6. The van der Waals surface area contributed by atoms with E-state index in [1.165, 1.54) is 10.8 Å². The Morgan fingerprint density at radius 1 is 0.276 bits per heavy atom. The number of para-hydroxylation sites is 4. The van der Waals surface area contributed by atoms with Crippen LogP contribution in [0.2, 0.25) is 0 Å². The minimum Gasteiger partial charge on any atom is -0.456 e. The summed E-state index contributed by atoms with van der Waals surface area (Å²) in [6.07, 6.45) is 0. The van der Waals surface area contributed by atoms with Crippen molar-refractivity contribution in [3.05, 3.63) is 243 Å². The van der Waals surface area contributed by atoms with Crippen molar-refractivity contribution in [1.82, 2.24) is 19.5 Å². The van der Waals surface area contributed by atoms with Gasteiger partial charge in [-0.3, -0.25) is 0 Å². The van der Waals surface area contributed by atoms with Crippen molar-refractivity contribution in [1.29, 1.82) is 0 Å². The maximum absolute atomic E-state index is 6.99. The molecule has 0 aliphatic heterocycles. The quantitative estimate of drug-likeness (QED) is 0.158. The van der Waals surface area contributed by atoms with Gasteiger partial charge in [0.2, 0.25) is 0 Å². The number of rotatable bonds is 7. The second kappa shape index (κ2) is 16.6. The Bertz CT molecular complexity index is 4990. The van der Waals surface area contributed by atoms with Crippen molar-refractivity contribution in [3.63, 3.8) is 0 Å². The third kappa shape index (κ3) is 6.46. The molecule has 16 aromatic rings. The molecule has 16 rings (SSSR count). The zero-order chi connectivity index (χ0) is 49.8. The number of benzene rings is 11. The van der Waals surface area contributed by atoms with Crippen LogP contribution in [0.1, 0.15) is 0 Å². The molecule has 0 fully saturated rings. The summed E-state index contributed by atoms with van der Waals surface area (Å²) in [4.78, 5) is 15.7. The molecule has 0 amide bonds. The molecule has 7 heteroatoms. The summed E-state index contributed by atoms with van der Waals surface area (Å²) in [6, 6.07) is 84.3. The molecule has 0 N–H and O–H groups in total. The fourth-order valence-corrected chi connectivity index (χ4v) is 11.7. The summed E-state index contributed by atoms with van der Waals surface area (Å²) in [5.41, 5.74) is 17.1. The van der Waals surface area contributed by atoms with E-state index in [1.54, 1.807) is 0 Å². The second-order valence-corrected chi connectivity index (χ2v) is 19.4. The molecule has 11 aromatic carbocycles. The monoisotopic (exact) mass is 972 g/mol. The molecule has 0 saturated carbocycles. The Morgan fingerprint density at radius 2 is 0.829 bits per heavy atom. The van der Waals surface area contributed by atoms with Crippen molar-refractivity contribution in [3.8, 4) is 73.2 Å². The van der Waals surface area contributed by atoms with E-state index >= 15 is 0 Å². The van der Waals surface area contributed by atoms with E-state index in [0.717, 1.165) is 133 Å². The van der Waals surface area contributed by atoms with Crippen LogP contribution in [-0.2, 0) is 0 Å². The fourth-order valence-electron chi connectivity index (χ4n) is 11.7. The van der Waals surface area contributed by atoms with Gasteiger partial charge in [-0.05, 0) is 89.0 Å². The minimum absolute atomic E-state index is 0.535. The number of aromatic nitrogens is 4. The maximum atomic E-state index is 6.99. The largest absolute Gasteiger partial charge is 0.456 e. The van der Waals surface area contributed by atoms with Gasteiger partial charge >= 0.3 is 0 Å². The third-order valence-corrected chi connectivity index (χ3v) is 15.1. The van der Waals surface area contributed by atoms with Gasteiger partial charge in [0.1, 0.15) is 33.5 Å². The van der Waals surface area contributed by atoms with E-state index in [4.69, 9.17) is 28.2 Å². The highest BCUT2D eigenvalue weighted by atomic mass is 16.3. The zero-order valence-electron chi connectivity index (χ0n) is 40.6. The third-order valence-electron chi connectivity index (χ3n) is 15.1. The molecule has 5 aromatic heterocycles. The Labute approximate surface area is 434 Å². The first-order valence-electron chi connectivity index (χ1n) is 25.5. The average Bonchev–Trinajstić information content (AvgIpc) is 4.27. The van der Waals surface area contributed by atoms with E-state index in [1.807, 2.05) is 72.8 Å². The van der Waals surface area contributed by atoms with Crippen LogP contribution in [0.25, 0.3) is 161 Å². The van der Waals surface area contributed by atoms with Crippen LogP contribution in [0, 0.1) is 0 Å². The van der Waals surface area contributed by atoms with Crippen molar-refractivity contribution in [2.75, 3.05) is 0 Å². The predicted molar refractivity (Wildman–Crippen MR) is 309 cm³/mol. The summed E-state index contributed by atoms with van der Waals surface area (Å²) >= 11 is 0. The Kier molecular flexibility index (Phi) is 9.20. The molecular weight excluding hydrogens is 933 g/mol. The Hall–Kier alpha value is -10.4. The van der Waals surface area contributed by atoms with Crippen molar-refractivity contribution < 1.29 is 13.3 Å². The average molecular weight is 973 g/mol. The number of hydrogen-bond acceptors (Lipinski definition) is 6. The van der Waals surface area contributed by atoms with Gasteiger partial charge in [0.25, 0.3) is 0 Å². The fraction of sp³-hybridized carbons (Fsp3) is 0. The lowest BCUT2D eigenvalue weighted by atomic mass is 9.93. The molecule has 0 aliphatic carbocycles. The molecule has 0 saturated heterocycles. The van der Waals surface area contributed by atoms with Crippen LogP contribution in [-0.4, -0.2) is 19.5 Å². The van der Waals surface area contributed by atoms with Gasteiger partial charge in [-0.1, -0.05) is 176 Å². The van der Waals surface area contributed by atoms with Gasteiger partial charge in [0.05, 0.1) is 11.0 Å². The van der Waals surface area contributed by atoms with E-state index in [0.29, 0.717) is 17.5 Å². The highest BCUT2D eigenvalue weighted by Gasteiger charge is 2.24. The topological polar surface area (TPSA) is 83.0 Å². The van der Waals surface area contributed by atoms with Crippen molar-refractivity contribution in [2.24, 2.45) is 0 Å². The normalized spacial score (nSPS) is 11.9. The standard InChI is InChI=1S/C69H40N4O3/c1-4-17-41(18-5-1)46-25-15-31-59-62(46)53-35-33-44(40-61(53)75-59)68-70-67(42-19-6-2-7-20-42)71-69(72-68)54-28-16-32-60-63(54)55-39-43(34-38-58(55)74-60)47-36-37-51(66-64(47)52-24-11-13-30-57(52)76-66)50-27-14-26-49-48-23-10-12-29-56(48)73(65(49)50)45-21-8-3-9-22-45/h1-40H. The van der Waals surface area contributed by atoms with E-state index < -0.39 is 0 Å². The van der Waals surface area contributed by atoms with Crippen LogP contribution >= 0.6 is 0 Å².